The van der Waals surface area contributed by atoms with E-state index in [0.717, 1.165) is 12.2 Å². The largest absolute Gasteiger partial charge is 0.491 e. The van der Waals surface area contributed by atoms with Crippen molar-refractivity contribution in [1.82, 2.24) is 4.90 Å². The highest BCUT2D eigenvalue weighted by molar-refractivity contribution is 6.21. The molecule has 2 amide bonds. The van der Waals surface area contributed by atoms with Gasteiger partial charge in [0.2, 0.25) is 0 Å². The highest BCUT2D eigenvalue weighted by Gasteiger charge is 2.35. The van der Waals surface area contributed by atoms with Gasteiger partial charge in [-0.2, -0.15) is 0 Å². The molecule has 0 aliphatic carbocycles. The summed E-state index contributed by atoms with van der Waals surface area (Å²) in [4.78, 5) is 26.9. The van der Waals surface area contributed by atoms with Crippen LogP contribution in [0.5, 0.6) is 5.75 Å². The van der Waals surface area contributed by atoms with Gasteiger partial charge in [-0.1, -0.05) is 54.6 Å². The first-order chi connectivity index (χ1) is 15.0. The summed E-state index contributed by atoms with van der Waals surface area (Å²) in [7, 11) is 0. The maximum Gasteiger partial charge on any atom is 0.261 e. The fraction of sp³-hybridized carbons (Fsp3) is 0.259. The zero-order chi connectivity index (χ0) is 21.8. The van der Waals surface area contributed by atoms with E-state index in [4.69, 9.17) is 4.74 Å². The summed E-state index contributed by atoms with van der Waals surface area (Å²) in [6.45, 7) is 4.41. The van der Waals surface area contributed by atoms with Gasteiger partial charge in [0.25, 0.3) is 11.8 Å². The molecule has 0 fully saturated rings. The molecule has 0 saturated carbocycles. The second kappa shape index (κ2) is 9.17. The molecule has 0 radical (unpaired) electrons. The Morgan fingerprint density at radius 3 is 1.94 bits per heavy atom. The van der Waals surface area contributed by atoms with Crippen molar-refractivity contribution in [3.05, 3.63) is 101 Å². The van der Waals surface area contributed by atoms with E-state index in [0.29, 0.717) is 24.1 Å². The van der Waals surface area contributed by atoms with Crippen LogP contribution in [0.4, 0.5) is 0 Å². The summed E-state index contributed by atoms with van der Waals surface area (Å²) in [6, 6.07) is 25.5. The van der Waals surface area contributed by atoms with Crippen LogP contribution in [0, 0.1) is 0 Å². The van der Waals surface area contributed by atoms with Gasteiger partial charge < -0.3 is 4.74 Å². The summed E-state index contributed by atoms with van der Waals surface area (Å²) >= 11 is 0. The molecule has 31 heavy (non-hydrogen) atoms. The van der Waals surface area contributed by atoms with E-state index >= 15 is 0 Å². The van der Waals surface area contributed by atoms with Crippen LogP contribution in [-0.2, 0) is 6.42 Å². The standard InChI is InChI=1S/C27H27NO3/c1-19(2)31-23-14-12-21(13-15-23)22(18-20-8-4-3-5-9-20)16-17-28-26(29)24-10-6-7-11-25(24)27(28)30/h3-15,19,22H,16-18H2,1-2H3. The Morgan fingerprint density at radius 2 is 1.35 bits per heavy atom. The van der Waals surface area contributed by atoms with Crippen LogP contribution in [0.1, 0.15) is 58.0 Å². The average molecular weight is 414 g/mol. The number of imide groups is 1. The smallest absolute Gasteiger partial charge is 0.261 e. The van der Waals surface area contributed by atoms with E-state index in [2.05, 4.69) is 24.3 Å². The Morgan fingerprint density at radius 1 is 0.774 bits per heavy atom. The second-order valence-corrected chi connectivity index (χ2v) is 8.22. The molecule has 1 heterocycles. The molecule has 0 spiro atoms. The highest BCUT2D eigenvalue weighted by Crippen LogP contribution is 2.29. The Hall–Kier alpha value is -3.40. The van der Waals surface area contributed by atoms with Crippen LogP contribution in [-0.4, -0.2) is 29.4 Å². The first-order valence-electron chi connectivity index (χ1n) is 10.8. The third-order valence-electron chi connectivity index (χ3n) is 5.63. The maximum absolute atomic E-state index is 12.8. The molecule has 4 rings (SSSR count). The van der Waals surface area contributed by atoms with Crippen LogP contribution in [0.3, 0.4) is 0 Å². The lowest BCUT2D eigenvalue weighted by atomic mass is 9.89. The Labute approximate surface area is 183 Å². The SMILES string of the molecule is CC(C)Oc1ccc(C(CCN2C(=O)c3ccccc3C2=O)Cc2ccccc2)cc1. The molecule has 3 aromatic rings. The minimum atomic E-state index is -0.195. The van der Waals surface area contributed by atoms with Crippen molar-refractivity contribution in [2.24, 2.45) is 0 Å². The maximum atomic E-state index is 12.8. The molecule has 1 aliphatic rings. The molecule has 3 aromatic carbocycles. The summed E-state index contributed by atoms with van der Waals surface area (Å²) in [5.41, 5.74) is 3.42. The van der Waals surface area contributed by atoms with Gasteiger partial charge >= 0.3 is 0 Å². The summed E-state index contributed by atoms with van der Waals surface area (Å²) in [6.07, 6.45) is 1.67. The third kappa shape index (κ3) is 4.69. The first-order valence-corrected chi connectivity index (χ1v) is 10.8. The zero-order valence-electron chi connectivity index (χ0n) is 18.0. The van der Waals surface area contributed by atoms with Crippen molar-refractivity contribution < 1.29 is 14.3 Å². The lowest BCUT2D eigenvalue weighted by molar-refractivity contribution is 0.0649. The van der Waals surface area contributed by atoms with Gasteiger partial charge in [-0.3, -0.25) is 14.5 Å². The molecule has 0 bridgehead atoms. The Kier molecular flexibility index (Phi) is 6.17. The number of amides is 2. The molecular formula is C27H27NO3. The van der Waals surface area contributed by atoms with E-state index in [1.165, 1.54) is 16.0 Å². The molecular weight excluding hydrogens is 386 g/mol. The van der Waals surface area contributed by atoms with Crippen molar-refractivity contribution in [2.75, 3.05) is 6.54 Å². The fourth-order valence-electron chi connectivity index (χ4n) is 4.10. The third-order valence-corrected chi connectivity index (χ3v) is 5.63. The van der Waals surface area contributed by atoms with Crippen molar-refractivity contribution in [1.29, 1.82) is 0 Å². The van der Waals surface area contributed by atoms with E-state index in [1.54, 1.807) is 24.3 Å². The molecule has 1 atom stereocenters. The zero-order valence-corrected chi connectivity index (χ0v) is 18.0. The topological polar surface area (TPSA) is 46.6 Å². The molecule has 0 saturated heterocycles. The molecule has 4 heteroatoms. The number of ether oxygens (including phenoxy) is 1. The summed E-state index contributed by atoms with van der Waals surface area (Å²) < 4.78 is 5.77. The molecule has 4 nitrogen and oxygen atoms in total. The number of rotatable bonds is 8. The van der Waals surface area contributed by atoms with E-state index < -0.39 is 0 Å². The number of hydrogen-bond acceptors (Lipinski definition) is 3. The molecule has 0 aromatic heterocycles. The molecule has 0 N–H and O–H groups in total. The number of fused-ring (bicyclic) bond motifs is 1. The van der Waals surface area contributed by atoms with Gasteiger partial charge in [0.05, 0.1) is 17.2 Å². The predicted molar refractivity (Wildman–Crippen MR) is 122 cm³/mol. The fourth-order valence-corrected chi connectivity index (χ4v) is 4.10. The van der Waals surface area contributed by atoms with Crippen molar-refractivity contribution in [3.63, 3.8) is 0 Å². The minimum Gasteiger partial charge on any atom is -0.491 e. The minimum absolute atomic E-state index is 0.125. The van der Waals surface area contributed by atoms with Gasteiger partial charge in [0, 0.05) is 6.54 Å². The van der Waals surface area contributed by atoms with E-state index in [-0.39, 0.29) is 23.8 Å². The predicted octanol–water partition coefficient (Wildman–Crippen LogP) is 5.49. The number of benzene rings is 3. The lowest BCUT2D eigenvalue weighted by Crippen LogP contribution is -2.31. The second-order valence-electron chi connectivity index (χ2n) is 8.22. The Balaban J connectivity index is 1.52. The average Bonchev–Trinajstić information content (AvgIpc) is 3.02. The van der Waals surface area contributed by atoms with Crippen LogP contribution >= 0.6 is 0 Å². The van der Waals surface area contributed by atoms with Crippen LogP contribution < -0.4 is 4.74 Å². The summed E-state index contributed by atoms with van der Waals surface area (Å²) in [5.74, 6) is 0.636. The van der Waals surface area contributed by atoms with Crippen LogP contribution in [0.2, 0.25) is 0 Å². The number of carbonyl (C=O) groups excluding carboxylic acids is 2. The van der Waals surface area contributed by atoms with Crippen molar-refractivity contribution in [2.45, 2.75) is 38.7 Å². The van der Waals surface area contributed by atoms with Gasteiger partial charge in [0.15, 0.2) is 0 Å². The van der Waals surface area contributed by atoms with Gasteiger partial charge in [-0.25, -0.2) is 0 Å². The monoisotopic (exact) mass is 413 g/mol. The van der Waals surface area contributed by atoms with E-state index in [1.807, 2.05) is 44.2 Å². The lowest BCUT2D eigenvalue weighted by Gasteiger charge is -2.22. The molecule has 1 aliphatic heterocycles. The van der Waals surface area contributed by atoms with Gasteiger partial charge in [0.1, 0.15) is 5.75 Å². The Bertz CT molecular complexity index is 1020. The molecule has 158 valence electrons. The van der Waals surface area contributed by atoms with E-state index in [9.17, 15) is 9.59 Å². The van der Waals surface area contributed by atoms with Crippen molar-refractivity contribution in [3.8, 4) is 5.75 Å². The normalized spacial score (nSPS) is 14.1. The van der Waals surface area contributed by atoms with Gasteiger partial charge in [-0.05, 0) is 68.0 Å². The van der Waals surface area contributed by atoms with Crippen LogP contribution in [0.15, 0.2) is 78.9 Å². The van der Waals surface area contributed by atoms with Crippen molar-refractivity contribution >= 4 is 11.8 Å². The highest BCUT2D eigenvalue weighted by atomic mass is 16.5. The number of hydrogen-bond donors (Lipinski definition) is 0. The summed E-state index contributed by atoms with van der Waals surface area (Å²) in [5, 5.41) is 0. The van der Waals surface area contributed by atoms with Gasteiger partial charge in [-0.15, -0.1) is 0 Å². The van der Waals surface area contributed by atoms with Crippen LogP contribution in [0.25, 0.3) is 0 Å². The first kappa shape index (κ1) is 20.9. The number of nitrogens with zero attached hydrogens (tertiary/aromatic N) is 1. The molecule has 1 unspecified atom stereocenters. The quantitative estimate of drug-likeness (QED) is 0.459. The number of carbonyl (C=O) groups is 2.